The summed E-state index contributed by atoms with van der Waals surface area (Å²) in [5.41, 5.74) is 0.970. The number of pyridine rings is 1. The predicted molar refractivity (Wildman–Crippen MR) is 70.8 cm³/mol. The Balaban J connectivity index is 0.000000286. The van der Waals surface area contributed by atoms with Crippen molar-refractivity contribution in [1.82, 2.24) is 10.3 Å². The van der Waals surface area contributed by atoms with Crippen LogP contribution in [0.5, 0.6) is 5.75 Å². The van der Waals surface area contributed by atoms with Gasteiger partial charge >= 0.3 is 11.9 Å². The number of piperidine rings is 1. The fourth-order valence-corrected chi connectivity index (χ4v) is 1.69. The molecule has 1 aromatic rings. The fourth-order valence-electron chi connectivity index (χ4n) is 1.69. The summed E-state index contributed by atoms with van der Waals surface area (Å²) in [6.45, 7) is 4.05. The van der Waals surface area contributed by atoms with Gasteiger partial charge in [0.25, 0.3) is 0 Å². The Morgan fingerprint density at radius 2 is 2.10 bits per heavy atom. The fraction of sp³-hybridized carbons (Fsp3) is 0.462. The Kier molecular flexibility index (Phi) is 6.45. The Hall–Kier alpha value is -2.15. The zero-order valence-electron chi connectivity index (χ0n) is 11.2. The normalized spacial score (nSPS) is 17.6. The molecule has 1 fully saturated rings. The van der Waals surface area contributed by atoms with Crippen molar-refractivity contribution < 1.29 is 24.5 Å². The van der Waals surface area contributed by atoms with Crippen molar-refractivity contribution in [3.05, 3.63) is 24.0 Å². The third-order valence-corrected chi connectivity index (χ3v) is 2.69. The summed E-state index contributed by atoms with van der Waals surface area (Å²) in [7, 11) is 0. The summed E-state index contributed by atoms with van der Waals surface area (Å²) < 4.78 is 5.86. The minimum atomic E-state index is -1.82. The quantitative estimate of drug-likeness (QED) is 0.684. The van der Waals surface area contributed by atoms with Crippen LogP contribution in [0.2, 0.25) is 0 Å². The molecule has 2 heterocycles. The SMILES string of the molecule is Cc1ncccc1OC1CCCNC1.O=C(O)C(=O)O. The lowest BCUT2D eigenvalue weighted by Gasteiger charge is -2.24. The van der Waals surface area contributed by atoms with Crippen LogP contribution < -0.4 is 10.1 Å². The van der Waals surface area contributed by atoms with E-state index in [2.05, 4.69) is 10.3 Å². The number of nitrogens with zero attached hydrogens (tertiary/aromatic N) is 1. The molecule has 0 aliphatic carbocycles. The van der Waals surface area contributed by atoms with E-state index < -0.39 is 11.9 Å². The van der Waals surface area contributed by atoms with E-state index in [1.165, 1.54) is 6.42 Å². The van der Waals surface area contributed by atoms with Crippen molar-refractivity contribution in [2.45, 2.75) is 25.9 Å². The third-order valence-electron chi connectivity index (χ3n) is 2.69. The highest BCUT2D eigenvalue weighted by molar-refractivity contribution is 6.27. The molecule has 1 saturated heterocycles. The van der Waals surface area contributed by atoms with Crippen molar-refractivity contribution in [3.63, 3.8) is 0 Å². The Morgan fingerprint density at radius 3 is 2.60 bits per heavy atom. The summed E-state index contributed by atoms with van der Waals surface area (Å²) in [4.78, 5) is 22.4. The Morgan fingerprint density at radius 1 is 1.40 bits per heavy atom. The van der Waals surface area contributed by atoms with Crippen LogP contribution in [0.15, 0.2) is 18.3 Å². The van der Waals surface area contributed by atoms with Crippen molar-refractivity contribution in [1.29, 1.82) is 0 Å². The lowest BCUT2D eigenvalue weighted by atomic mass is 10.1. The summed E-state index contributed by atoms with van der Waals surface area (Å²) >= 11 is 0. The first-order chi connectivity index (χ1) is 9.50. The zero-order valence-corrected chi connectivity index (χ0v) is 11.2. The molecule has 2 rings (SSSR count). The third kappa shape index (κ3) is 5.66. The van der Waals surface area contributed by atoms with Gasteiger partial charge < -0.3 is 20.3 Å². The maximum Gasteiger partial charge on any atom is 0.414 e. The number of hydrogen-bond acceptors (Lipinski definition) is 5. The van der Waals surface area contributed by atoms with E-state index in [4.69, 9.17) is 24.5 Å². The van der Waals surface area contributed by atoms with E-state index in [9.17, 15) is 0 Å². The van der Waals surface area contributed by atoms with Crippen molar-refractivity contribution in [2.75, 3.05) is 13.1 Å². The number of carboxylic acids is 2. The van der Waals surface area contributed by atoms with Crippen LogP contribution in [0.4, 0.5) is 0 Å². The number of ether oxygens (including phenoxy) is 1. The van der Waals surface area contributed by atoms with Crippen LogP contribution in [0.3, 0.4) is 0 Å². The average Bonchev–Trinajstić information content (AvgIpc) is 2.43. The van der Waals surface area contributed by atoms with E-state index in [0.29, 0.717) is 6.10 Å². The summed E-state index contributed by atoms with van der Waals surface area (Å²) in [5, 5.41) is 18.1. The van der Waals surface area contributed by atoms with Gasteiger partial charge in [-0.3, -0.25) is 4.98 Å². The molecule has 7 heteroatoms. The van der Waals surface area contributed by atoms with Gasteiger partial charge in [0, 0.05) is 12.7 Å². The van der Waals surface area contributed by atoms with Gasteiger partial charge in [0.15, 0.2) is 0 Å². The number of aryl methyl sites for hydroxylation is 1. The van der Waals surface area contributed by atoms with Crippen LogP contribution in [0.25, 0.3) is 0 Å². The second-order valence-corrected chi connectivity index (χ2v) is 4.28. The first-order valence-corrected chi connectivity index (χ1v) is 6.26. The maximum absolute atomic E-state index is 9.10. The number of aromatic nitrogens is 1. The molecule has 110 valence electrons. The number of rotatable bonds is 2. The molecule has 0 spiro atoms. The average molecular weight is 282 g/mol. The predicted octanol–water partition coefficient (Wildman–Crippen LogP) is 0.676. The van der Waals surface area contributed by atoms with E-state index in [1.807, 2.05) is 19.1 Å². The Bertz CT molecular complexity index is 446. The van der Waals surface area contributed by atoms with Gasteiger partial charge in [-0.05, 0) is 38.4 Å². The number of carboxylic acid groups (broad SMARTS) is 2. The molecule has 0 aromatic carbocycles. The molecule has 1 atom stereocenters. The van der Waals surface area contributed by atoms with Gasteiger partial charge in [0.1, 0.15) is 11.9 Å². The first kappa shape index (κ1) is 15.9. The van der Waals surface area contributed by atoms with E-state index in [1.54, 1.807) is 6.20 Å². The van der Waals surface area contributed by atoms with Crippen molar-refractivity contribution in [3.8, 4) is 5.75 Å². The summed E-state index contributed by atoms with van der Waals surface area (Å²) in [5.74, 6) is -2.73. The molecule has 1 aromatic heterocycles. The molecule has 0 saturated carbocycles. The number of aliphatic carboxylic acids is 2. The largest absolute Gasteiger partial charge is 0.487 e. The standard InChI is InChI=1S/C11H16N2O.C2H2O4/c1-9-11(5-3-7-13-9)14-10-4-2-6-12-8-10;3-1(4)2(5)6/h3,5,7,10,12H,2,4,6,8H2,1H3;(H,3,4)(H,5,6). The topological polar surface area (TPSA) is 109 Å². The van der Waals surface area contributed by atoms with Crippen LogP contribution >= 0.6 is 0 Å². The molecule has 1 aliphatic heterocycles. The minimum absolute atomic E-state index is 0.312. The van der Waals surface area contributed by atoms with Crippen LogP contribution in [-0.2, 0) is 9.59 Å². The molecule has 1 unspecified atom stereocenters. The first-order valence-electron chi connectivity index (χ1n) is 6.26. The van der Waals surface area contributed by atoms with Crippen molar-refractivity contribution in [2.24, 2.45) is 0 Å². The smallest absolute Gasteiger partial charge is 0.414 e. The molecule has 20 heavy (non-hydrogen) atoms. The molecule has 0 amide bonds. The highest BCUT2D eigenvalue weighted by atomic mass is 16.5. The lowest BCUT2D eigenvalue weighted by molar-refractivity contribution is -0.159. The maximum atomic E-state index is 9.10. The Labute approximate surface area is 116 Å². The molecule has 7 nitrogen and oxygen atoms in total. The molecule has 3 N–H and O–H groups in total. The summed E-state index contributed by atoms with van der Waals surface area (Å²) in [6, 6.07) is 3.90. The van der Waals surface area contributed by atoms with Crippen LogP contribution in [0.1, 0.15) is 18.5 Å². The summed E-state index contributed by atoms with van der Waals surface area (Å²) in [6.07, 6.45) is 4.44. The van der Waals surface area contributed by atoms with E-state index >= 15 is 0 Å². The van der Waals surface area contributed by atoms with E-state index in [-0.39, 0.29) is 0 Å². The van der Waals surface area contributed by atoms with E-state index in [0.717, 1.165) is 31.0 Å². The van der Waals surface area contributed by atoms with Gasteiger partial charge in [-0.25, -0.2) is 9.59 Å². The monoisotopic (exact) mass is 282 g/mol. The van der Waals surface area contributed by atoms with Gasteiger partial charge in [0.2, 0.25) is 0 Å². The second-order valence-electron chi connectivity index (χ2n) is 4.28. The molecular formula is C13H18N2O5. The van der Waals surface area contributed by atoms with Crippen LogP contribution in [-0.4, -0.2) is 46.3 Å². The van der Waals surface area contributed by atoms with Gasteiger partial charge in [-0.1, -0.05) is 0 Å². The van der Waals surface area contributed by atoms with Crippen LogP contribution in [0, 0.1) is 6.92 Å². The minimum Gasteiger partial charge on any atom is -0.487 e. The second kappa shape index (κ2) is 8.11. The molecule has 1 aliphatic rings. The number of hydrogen-bond donors (Lipinski definition) is 3. The van der Waals surface area contributed by atoms with Gasteiger partial charge in [-0.15, -0.1) is 0 Å². The number of carbonyl (C=O) groups is 2. The highest BCUT2D eigenvalue weighted by Crippen LogP contribution is 2.17. The zero-order chi connectivity index (χ0) is 15.0. The number of nitrogens with one attached hydrogen (secondary N) is 1. The lowest BCUT2D eigenvalue weighted by Crippen LogP contribution is -2.37. The molecule has 0 radical (unpaired) electrons. The van der Waals surface area contributed by atoms with Gasteiger partial charge in [0.05, 0.1) is 5.69 Å². The molecular weight excluding hydrogens is 264 g/mol. The highest BCUT2D eigenvalue weighted by Gasteiger charge is 2.15. The molecule has 0 bridgehead atoms. The van der Waals surface area contributed by atoms with Gasteiger partial charge in [-0.2, -0.15) is 0 Å². The van der Waals surface area contributed by atoms with Crippen molar-refractivity contribution >= 4 is 11.9 Å².